The largest absolute Gasteiger partial charge is 0.497 e. The maximum atomic E-state index is 10.4. The van der Waals surface area contributed by atoms with E-state index in [1.54, 1.807) is 7.11 Å². The van der Waals surface area contributed by atoms with Gasteiger partial charge in [-0.3, -0.25) is 4.99 Å². The van der Waals surface area contributed by atoms with Gasteiger partial charge in [-0.25, -0.2) is 0 Å². The maximum Gasteiger partial charge on any atom is 0.191 e. The average Bonchev–Trinajstić information content (AvgIpc) is 2.65. The van der Waals surface area contributed by atoms with Gasteiger partial charge >= 0.3 is 0 Å². The van der Waals surface area contributed by atoms with Crippen LogP contribution in [0.4, 0.5) is 0 Å². The molecule has 0 radical (unpaired) electrons. The summed E-state index contributed by atoms with van der Waals surface area (Å²) in [7, 11) is 1.68. The molecule has 0 fully saturated rings. The molecule has 1 atom stereocenters. The highest BCUT2D eigenvalue weighted by atomic mass is 16.5. The van der Waals surface area contributed by atoms with E-state index in [9.17, 15) is 5.11 Å². The highest BCUT2D eigenvalue weighted by Gasteiger charge is 2.21. The molecule has 0 spiro atoms. The fourth-order valence-corrected chi connectivity index (χ4v) is 2.55. The summed E-state index contributed by atoms with van der Waals surface area (Å²) in [6.07, 6.45) is 2.42. The maximum absolute atomic E-state index is 10.4. The summed E-state index contributed by atoms with van der Waals surface area (Å²) in [6, 6.07) is 8.24. The molecule has 0 bridgehead atoms. The number of methoxy groups -OCH3 is 1. The molecule has 3 N–H and O–H groups in total. The molecule has 0 heterocycles. The lowest BCUT2D eigenvalue weighted by atomic mass is 9.98. The second kappa shape index (κ2) is 11.0. The zero-order valence-electron chi connectivity index (χ0n) is 16.4. The third-order valence-corrected chi connectivity index (χ3v) is 4.75. The predicted octanol–water partition coefficient (Wildman–Crippen LogP) is 3.30. The van der Waals surface area contributed by atoms with Crippen LogP contribution in [-0.2, 0) is 0 Å². The minimum atomic E-state index is -0.710. The highest BCUT2D eigenvalue weighted by Crippen LogP contribution is 2.21. The Morgan fingerprint density at radius 2 is 1.80 bits per heavy atom. The summed E-state index contributed by atoms with van der Waals surface area (Å²) in [5.74, 6) is 2.10. The van der Waals surface area contributed by atoms with Crippen molar-refractivity contribution in [2.45, 2.75) is 58.5 Å². The Morgan fingerprint density at radius 3 is 2.32 bits per heavy atom. The van der Waals surface area contributed by atoms with Crippen molar-refractivity contribution in [3.05, 3.63) is 29.8 Å². The van der Waals surface area contributed by atoms with E-state index in [0.717, 1.165) is 31.2 Å². The van der Waals surface area contributed by atoms with Gasteiger partial charge in [0.15, 0.2) is 5.96 Å². The van der Waals surface area contributed by atoms with Crippen molar-refractivity contribution in [2.75, 3.05) is 26.7 Å². The number of hydrogen-bond donors (Lipinski definition) is 3. The Kier molecular flexibility index (Phi) is 9.35. The second-order valence-electron chi connectivity index (χ2n) is 6.52. The first kappa shape index (κ1) is 21.3. The van der Waals surface area contributed by atoms with Gasteiger partial charge in [-0.1, -0.05) is 32.9 Å². The minimum absolute atomic E-state index is 0.420. The molecule has 0 saturated carbocycles. The fraction of sp³-hybridized carbons (Fsp3) is 0.650. The van der Waals surface area contributed by atoms with Crippen molar-refractivity contribution < 1.29 is 9.84 Å². The van der Waals surface area contributed by atoms with Crippen LogP contribution in [0.3, 0.4) is 0 Å². The van der Waals surface area contributed by atoms with Crippen molar-refractivity contribution >= 4 is 5.96 Å². The van der Waals surface area contributed by atoms with Crippen LogP contribution in [0.5, 0.6) is 5.75 Å². The monoisotopic (exact) mass is 349 g/mol. The number of aliphatic hydroxyl groups is 1. The Labute approximate surface area is 152 Å². The van der Waals surface area contributed by atoms with Gasteiger partial charge in [0.25, 0.3) is 0 Å². The van der Waals surface area contributed by atoms with E-state index in [1.807, 2.05) is 32.9 Å². The highest BCUT2D eigenvalue weighted by molar-refractivity contribution is 5.79. The molecule has 0 saturated heterocycles. The van der Waals surface area contributed by atoms with Crippen LogP contribution in [0, 0.1) is 0 Å². The molecule has 0 amide bonds. The first-order valence-electron chi connectivity index (χ1n) is 9.36. The molecule has 0 aliphatic heterocycles. The SMILES string of the molecule is CCNC(=NCC(O)(CC)CC)NCCC(C)c1ccc(OC)cc1. The van der Waals surface area contributed by atoms with E-state index < -0.39 is 5.60 Å². The van der Waals surface area contributed by atoms with E-state index in [-0.39, 0.29) is 0 Å². The van der Waals surface area contributed by atoms with Gasteiger partial charge < -0.3 is 20.5 Å². The number of rotatable bonds is 10. The molecule has 1 aromatic rings. The van der Waals surface area contributed by atoms with Crippen molar-refractivity contribution in [1.82, 2.24) is 10.6 Å². The number of benzene rings is 1. The number of nitrogens with one attached hydrogen (secondary N) is 2. The van der Waals surface area contributed by atoms with Crippen molar-refractivity contribution in [2.24, 2.45) is 4.99 Å². The fourth-order valence-electron chi connectivity index (χ4n) is 2.55. The molecule has 1 rings (SSSR count). The molecular weight excluding hydrogens is 314 g/mol. The van der Waals surface area contributed by atoms with Crippen LogP contribution in [0.1, 0.15) is 58.4 Å². The Bertz CT molecular complexity index is 510. The van der Waals surface area contributed by atoms with E-state index >= 15 is 0 Å². The van der Waals surface area contributed by atoms with E-state index in [2.05, 4.69) is 34.7 Å². The van der Waals surface area contributed by atoms with Crippen LogP contribution in [0.15, 0.2) is 29.3 Å². The molecular formula is C20H35N3O2. The Hall–Kier alpha value is -1.75. The second-order valence-corrected chi connectivity index (χ2v) is 6.52. The smallest absolute Gasteiger partial charge is 0.191 e. The van der Waals surface area contributed by atoms with Gasteiger partial charge in [0, 0.05) is 13.1 Å². The number of guanidine groups is 1. The predicted molar refractivity (Wildman–Crippen MR) is 106 cm³/mol. The summed E-state index contributed by atoms with van der Waals surface area (Å²) in [5, 5.41) is 17.0. The summed E-state index contributed by atoms with van der Waals surface area (Å²) in [4.78, 5) is 4.55. The molecule has 1 aromatic carbocycles. The molecule has 5 nitrogen and oxygen atoms in total. The molecule has 25 heavy (non-hydrogen) atoms. The summed E-state index contributed by atoms with van der Waals surface area (Å²) in [5.41, 5.74) is 0.592. The van der Waals surface area contributed by atoms with Crippen LogP contribution < -0.4 is 15.4 Å². The third kappa shape index (κ3) is 7.34. The lowest BCUT2D eigenvalue weighted by molar-refractivity contribution is 0.0418. The zero-order chi connectivity index (χ0) is 18.7. The average molecular weight is 350 g/mol. The first-order valence-corrected chi connectivity index (χ1v) is 9.36. The zero-order valence-corrected chi connectivity index (χ0v) is 16.4. The number of aliphatic imine (C=N–C) groups is 1. The lowest BCUT2D eigenvalue weighted by Crippen LogP contribution is -2.40. The number of hydrogen-bond acceptors (Lipinski definition) is 3. The molecule has 0 aliphatic rings. The third-order valence-electron chi connectivity index (χ3n) is 4.75. The molecule has 1 unspecified atom stereocenters. The van der Waals surface area contributed by atoms with Gasteiger partial charge in [0.05, 0.1) is 19.3 Å². The normalized spacial score (nSPS) is 13.4. The summed E-state index contributed by atoms with van der Waals surface area (Å²) in [6.45, 7) is 10.3. The Balaban J connectivity index is 2.53. The standard InChI is InChI=1S/C20H35N3O2/c1-6-20(24,7-2)15-23-19(21-8-3)22-14-13-16(4)17-9-11-18(25-5)12-10-17/h9-12,16,24H,6-8,13-15H2,1-5H3,(H2,21,22,23). The van der Waals surface area contributed by atoms with Crippen LogP contribution >= 0.6 is 0 Å². The topological polar surface area (TPSA) is 65.9 Å². The van der Waals surface area contributed by atoms with Gasteiger partial charge in [0.1, 0.15) is 5.75 Å². The van der Waals surface area contributed by atoms with Crippen molar-refractivity contribution in [1.29, 1.82) is 0 Å². The van der Waals surface area contributed by atoms with Crippen LogP contribution in [0.2, 0.25) is 0 Å². The number of nitrogens with zero attached hydrogens (tertiary/aromatic N) is 1. The van der Waals surface area contributed by atoms with Gasteiger partial charge in [-0.05, 0) is 49.8 Å². The van der Waals surface area contributed by atoms with Gasteiger partial charge in [0.2, 0.25) is 0 Å². The number of ether oxygens (including phenoxy) is 1. The molecule has 5 heteroatoms. The lowest BCUT2D eigenvalue weighted by Gasteiger charge is -2.23. The Morgan fingerprint density at radius 1 is 1.16 bits per heavy atom. The molecule has 0 aromatic heterocycles. The van der Waals surface area contributed by atoms with Gasteiger partial charge in [-0.2, -0.15) is 0 Å². The van der Waals surface area contributed by atoms with Crippen LogP contribution in [-0.4, -0.2) is 43.4 Å². The molecule has 142 valence electrons. The minimum Gasteiger partial charge on any atom is -0.497 e. The molecule has 0 aliphatic carbocycles. The summed E-state index contributed by atoms with van der Waals surface area (Å²) >= 11 is 0. The van der Waals surface area contributed by atoms with Crippen molar-refractivity contribution in [3.8, 4) is 5.75 Å². The van der Waals surface area contributed by atoms with Gasteiger partial charge in [-0.15, -0.1) is 0 Å². The summed E-state index contributed by atoms with van der Waals surface area (Å²) < 4.78 is 5.20. The van der Waals surface area contributed by atoms with E-state index in [0.29, 0.717) is 25.3 Å². The van der Waals surface area contributed by atoms with E-state index in [4.69, 9.17) is 4.74 Å². The van der Waals surface area contributed by atoms with E-state index in [1.165, 1.54) is 5.56 Å². The van der Waals surface area contributed by atoms with Crippen LogP contribution in [0.25, 0.3) is 0 Å². The van der Waals surface area contributed by atoms with Crippen molar-refractivity contribution in [3.63, 3.8) is 0 Å². The first-order chi connectivity index (χ1) is 12.0. The quantitative estimate of drug-likeness (QED) is 0.448.